The zero-order valence-electron chi connectivity index (χ0n) is 11.8. The van der Waals surface area contributed by atoms with Gasteiger partial charge in [-0.3, -0.25) is 4.90 Å². The van der Waals surface area contributed by atoms with Crippen LogP contribution in [0.4, 0.5) is 16.2 Å². The van der Waals surface area contributed by atoms with Gasteiger partial charge in [-0.2, -0.15) is 0 Å². The molecule has 4 heteroatoms. The molecular formula is C16H17ClN2O. The molecule has 2 aromatic carbocycles. The molecule has 0 unspecified atom stereocenters. The number of aryl methyl sites for hydroxylation is 2. The lowest BCUT2D eigenvalue weighted by Gasteiger charge is -2.18. The summed E-state index contributed by atoms with van der Waals surface area (Å²) in [6.07, 6.45) is 0. The van der Waals surface area contributed by atoms with Crippen molar-refractivity contribution in [1.82, 2.24) is 0 Å². The molecule has 0 fully saturated rings. The Bertz CT molecular complexity index is 623. The summed E-state index contributed by atoms with van der Waals surface area (Å²) in [5, 5.41) is 3.46. The average molecular weight is 289 g/mol. The fourth-order valence-electron chi connectivity index (χ4n) is 1.76. The Labute approximate surface area is 124 Å². The Morgan fingerprint density at radius 1 is 1.10 bits per heavy atom. The van der Waals surface area contributed by atoms with E-state index < -0.39 is 0 Å². The zero-order chi connectivity index (χ0) is 14.7. The van der Waals surface area contributed by atoms with Crippen molar-refractivity contribution in [3.05, 3.63) is 58.6 Å². The van der Waals surface area contributed by atoms with E-state index in [4.69, 9.17) is 11.6 Å². The SMILES string of the molecule is Cc1ccc(N(C)C(=O)Nc2ccc(C)c(Cl)c2)cc1. The molecule has 0 aliphatic rings. The van der Waals surface area contributed by atoms with E-state index in [1.807, 2.05) is 50.2 Å². The zero-order valence-corrected chi connectivity index (χ0v) is 12.5. The molecule has 0 aromatic heterocycles. The van der Waals surface area contributed by atoms with Crippen LogP contribution >= 0.6 is 11.6 Å². The predicted octanol–water partition coefficient (Wildman–Crippen LogP) is 4.63. The maximum Gasteiger partial charge on any atom is 0.326 e. The fraction of sp³-hybridized carbons (Fsp3) is 0.188. The minimum atomic E-state index is -0.200. The molecule has 0 atom stereocenters. The van der Waals surface area contributed by atoms with E-state index in [-0.39, 0.29) is 6.03 Å². The van der Waals surface area contributed by atoms with E-state index in [0.717, 1.165) is 16.8 Å². The minimum absolute atomic E-state index is 0.200. The van der Waals surface area contributed by atoms with Crippen LogP contribution in [0.2, 0.25) is 5.02 Å². The fourth-order valence-corrected chi connectivity index (χ4v) is 1.94. The van der Waals surface area contributed by atoms with Crippen molar-refractivity contribution < 1.29 is 4.79 Å². The first-order valence-electron chi connectivity index (χ1n) is 6.35. The molecule has 0 saturated heterocycles. The van der Waals surface area contributed by atoms with Gasteiger partial charge < -0.3 is 5.32 Å². The van der Waals surface area contributed by atoms with Crippen LogP contribution in [0.3, 0.4) is 0 Å². The largest absolute Gasteiger partial charge is 0.326 e. The van der Waals surface area contributed by atoms with E-state index in [9.17, 15) is 4.79 Å². The van der Waals surface area contributed by atoms with E-state index in [1.165, 1.54) is 0 Å². The number of hydrogen-bond acceptors (Lipinski definition) is 1. The lowest BCUT2D eigenvalue weighted by molar-refractivity contribution is 0.258. The van der Waals surface area contributed by atoms with Gasteiger partial charge in [0.1, 0.15) is 0 Å². The van der Waals surface area contributed by atoms with Crippen LogP contribution in [0.1, 0.15) is 11.1 Å². The Kier molecular flexibility index (Phi) is 4.30. The molecule has 0 bridgehead atoms. The quantitative estimate of drug-likeness (QED) is 0.859. The molecule has 0 aliphatic carbocycles. The number of nitrogens with one attached hydrogen (secondary N) is 1. The van der Waals surface area contributed by atoms with Gasteiger partial charge in [-0.1, -0.05) is 35.4 Å². The van der Waals surface area contributed by atoms with Gasteiger partial charge in [-0.05, 0) is 43.7 Å². The van der Waals surface area contributed by atoms with Crippen LogP contribution in [0.15, 0.2) is 42.5 Å². The molecule has 2 rings (SSSR count). The molecule has 0 heterocycles. The highest BCUT2D eigenvalue weighted by Gasteiger charge is 2.11. The van der Waals surface area contributed by atoms with Gasteiger partial charge in [0, 0.05) is 23.4 Å². The number of urea groups is 1. The number of halogens is 1. The van der Waals surface area contributed by atoms with Crippen LogP contribution < -0.4 is 10.2 Å². The van der Waals surface area contributed by atoms with E-state index in [0.29, 0.717) is 10.7 Å². The number of carbonyl (C=O) groups is 1. The number of rotatable bonds is 2. The smallest absolute Gasteiger partial charge is 0.307 e. The van der Waals surface area contributed by atoms with Crippen molar-refractivity contribution >= 4 is 29.0 Å². The van der Waals surface area contributed by atoms with E-state index in [2.05, 4.69) is 5.32 Å². The first-order valence-corrected chi connectivity index (χ1v) is 6.72. The van der Waals surface area contributed by atoms with Gasteiger partial charge in [0.25, 0.3) is 0 Å². The minimum Gasteiger partial charge on any atom is -0.307 e. The Balaban J connectivity index is 2.11. The van der Waals surface area contributed by atoms with E-state index in [1.54, 1.807) is 18.0 Å². The maximum absolute atomic E-state index is 12.2. The summed E-state index contributed by atoms with van der Waals surface area (Å²) in [4.78, 5) is 13.7. The normalized spacial score (nSPS) is 10.2. The molecule has 0 radical (unpaired) electrons. The van der Waals surface area contributed by atoms with Gasteiger partial charge in [0.05, 0.1) is 0 Å². The number of amides is 2. The highest BCUT2D eigenvalue weighted by atomic mass is 35.5. The second-order valence-corrected chi connectivity index (χ2v) is 5.20. The summed E-state index contributed by atoms with van der Waals surface area (Å²) < 4.78 is 0. The third-order valence-electron chi connectivity index (χ3n) is 3.15. The first-order chi connectivity index (χ1) is 9.47. The molecule has 20 heavy (non-hydrogen) atoms. The standard InChI is InChI=1S/C16H17ClN2O/c1-11-4-8-14(9-5-11)19(3)16(20)18-13-7-6-12(2)15(17)10-13/h4-10H,1-3H3,(H,18,20). The molecule has 1 N–H and O–H groups in total. The monoisotopic (exact) mass is 288 g/mol. The van der Waals surface area contributed by atoms with Crippen molar-refractivity contribution in [3.8, 4) is 0 Å². The molecule has 0 aliphatic heterocycles. The number of carbonyl (C=O) groups excluding carboxylic acids is 1. The van der Waals surface area contributed by atoms with Crippen molar-refractivity contribution in [2.24, 2.45) is 0 Å². The van der Waals surface area contributed by atoms with Gasteiger partial charge in [0.2, 0.25) is 0 Å². The van der Waals surface area contributed by atoms with Gasteiger partial charge >= 0.3 is 6.03 Å². The summed E-state index contributed by atoms with van der Waals surface area (Å²) in [6.45, 7) is 3.94. The Hall–Kier alpha value is -2.00. The van der Waals surface area contributed by atoms with Crippen LogP contribution in [-0.2, 0) is 0 Å². The lowest BCUT2D eigenvalue weighted by atomic mass is 10.2. The summed E-state index contributed by atoms with van der Waals surface area (Å²) >= 11 is 6.05. The van der Waals surface area contributed by atoms with Crippen LogP contribution in [-0.4, -0.2) is 13.1 Å². The highest BCUT2D eigenvalue weighted by Crippen LogP contribution is 2.21. The topological polar surface area (TPSA) is 32.3 Å². The summed E-state index contributed by atoms with van der Waals surface area (Å²) in [6, 6.07) is 13.0. The average Bonchev–Trinajstić information content (AvgIpc) is 2.43. The first kappa shape index (κ1) is 14.4. The molecule has 0 spiro atoms. The van der Waals surface area contributed by atoms with E-state index >= 15 is 0 Å². The molecule has 2 aromatic rings. The Morgan fingerprint density at radius 3 is 2.35 bits per heavy atom. The summed E-state index contributed by atoms with van der Waals surface area (Å²) in [5.74, 6) is 0. The van der Waals surface area contributed by atoms with Gasteiger partial charge in [0.15, 0.2) is 0 Å². The second kappa shape index (κ2) is 5.97. The second-order valence-electron chi connectivity index (χ2n) is 4.79. The van der Waals surface area contributed by atoms with Gasteiger partial charge in [-0.15, -0.1) is 0 Å². The summed E-state index contributed by atoms with van der Waals surface area (Å²) in [7, 11) is 1.73. The predicted molar refractivity (Wildman–Crippen MR) is 84.8 cm³/mol. The van der Waals surface area contributed by atoms with Gasteiger partial charge in [-0.25, -0.2) is 4.79 Å². The number of nitrogens with zero attached hydrogens (tertiary/aromatic N) is 1. The molecular weight excluding hydrogens is 272 g/mol. The van der Waals surface area contributed by atoms with Crippen LogP contribution in [0.25, 0.3) is 0 Å². The number of benzene rings is 2. The van der Waals surface area contributed by atoms with Crippen molar-refractivity contribution in [1.29, 1.82) is 0 Å². The Morgan fingerprint density at radius 2 is 1.75 bits per heavy atom. The lowest BCUT2D eigenvalue weighted by Crippen LogP contribution is -2.31. The molecule has 0 saturated carbocycles. The third-order valence-corrected chi connectivity index (χ3v) is 3.56. The highest BCUT2D eigenvalue weighted by molar-refractivity contribution is 6.31. The van der Waals surface area contributed by atoms with Crippen molar-refractivity contribution in [3.63, 3.8) is 0 Å². The van der Waals surface area contributed by atoms with Crippen LogP contribution in [0, 0.1) is 13.8 Å². The third kappa shape index (κ3) is 3.31. The molecule has 2 amide bonds. The molecule has 3 nitrogen and oxygen atoms in total. The maximum atomic E-state index is 12.2. The van der Waals surface area contributed by atoms with Crippen LogP contribution in [0.5, 0.6) is 0 Å². The number of anilines is 2. The number of hydrogen-bond donors (Lipinski definition) is 1. The van der Waals surface area contributed by atoms with Crippen molar-refractivity contribution in [2.75, 3.05) is 17.3 Å². The molecule has 104 valence electrons. The summed E-state index contributed by atoms with van der Waals surface area (Å²) in [5.41, 5.74) is 3.67. The van der Waals surface area contributed by atoms with Crippen molar-refractivity contribution in [2.45, 2.75) is 13.8 Å².